The number of nitriles is 1. The number of anilines is 3. The molecule has 0 saturated heterocycles. The molecule has 130 valence electrons. The van der Waals surface area contributed by atoms with E-state index in [9.17, 15) is 12.8 Å². The van der Waals surface area contributed by atoms with Crippen molar-refractivity contribution in [3.8, 4) is 6.07 Å². The fourth-order valence-corrected chi connectivity index (χ4v) is 3.22. The number of rotatable bonds is 5. The van der Waals surface area contributed by atoms with Crippen LogP contribution in [0.3, 0.4) is 0 Å². The number of benzene rings is 2. The molecule has 0 saturated carbocycles. The summed E-state index contributed by atoms with van der Waals surface area (Å²) in [6.45, 7) is 0. The van der Waals surface area contributed by atoms with E-state index in [1.807, 2.05) is 6.07 Å². The molecule has 0 aliphatic rings. The predicted molar refractivity (Wildman–Crippen MR) is 95.9 cm³/mol. The van der Waals surface area contributed by atoms with Crippen LogP contribution in [0.15, 0.2) is 71.8 Å². The molecule has 2 N–H and O–H groups in total. The van der Waals surface area contributed by atoms with Gasteiger partial charge in [-0.3, -0.25) is 4.72 Å². The van der Waals surface area contributed by atoms with E-state index >= 15 is 0 Å². The fraction of sp³-hybridized carbons (Fsp3) is 0. The topological polar surface area (TPSA) is 94.9 Å². The normalized spacial score (nSPS) is 10.8. The maximum absolute atomic E-state index is 13.0. The zero-order valence-electron chi connectivity index (χ0n) is 13.3. The minimum atomic E-state index is -3.84. The van der Waals surface area contributed by atoms with Crippen molar-refractivity contribution in [2.45, 2.75) is 4.90 Å². The highest BCUT2D eigenvalue weighted by atomic mass is 32.2. The van der Waals surface area contributed by atoms with E-state index in [-0.39, 0.29) is 4.90 Å². The van der Waals surface area contributed by atoms with E-state index in [0.29, 0.717) is 22.8 Å². The lowest BCUT2D eigenvalue weighted by atomic mass is 10.2. The van der Waals surface area contributed by atoms with Gasteiger partial charge < -0.3 is 5.32 Å². The van der Waals surface area contributed by atoms with Crippen molar-refractivity contribution in [3.63, 3.8) is 0 Å². The molecule has 0 aliphatic heterocycles. The number of pyridine rings is 1. The molecular formula is C18H13FN4O2S. The van der Waals surface area contributed by atoms with Crippen molar-refractivity contribution in [2.75, 3.05) is 10.0 Å². The second-order valence-electron chi connectivity index (χ2n) is 5.30. The van der Waals surface area contributed by atoms with Crippen LogP contribution in [0.5, 0.6) is 0 Å². The third-order valence-corrected chi connectivity index (χ3v) is 4.82. The van der Waals surface area contributed by atoms with E-state index < -0.39 is 15.8 Å². The second-order valence-corrected chi connectivity index (χ2v) is 6.99. The van der Waals surface area contributed by atoms with Crippen LogP contribution in [0.25, 0.3) is 0 Å². The average molecular weight is 368 g/mol. The van der Waals surface area contributed by atoms with Crippen LogP contribution in [0.4, 0.5) is 21.6 Å². The average Bonchev–Trinajstić information content (AvgIpc) is 2.63. The van der Waals surface area contributed by atoms with Crippen molar-refractivity contribution >= 4 is 27.2 Å². The lowest BCUT2D eigenvalue weighted by molar-refractivity contribution is 0.599. The van der Waals surface area contributed by atoms with Gasteiger partial charge in [0.2, 0.25) is 0 Å². The van der Waals surface area contributed by atoms with Crippen molar-refractivity contribution in [2.24, 2.45) is 0 Å². The third kappa shape index (κ3) is 4.15. The number of hydrogen-bond donors (Lipinski definition) is 2. The first-order chi connectivity index (χ1) is 12.5. The molecule has 0 radical (unpaired) electrons. The Bertz CT molecular complexity index is 1060. The summed E-state index contributed by atoms with van der Waals surface area (Å²) >= 11 is 0. The molecular weight excluding hydrogens is 355 g/mol. The summed E-state index contributed by atoms with van der Waals surface area (Å²) in [5.74, 6) is -0.0872. The zero-order chi connectivity index (χ0) is 18.6. The standard InChI is InChI=1S/C18H13FN4O2S/c19-14-3-7-17(8-4-14)26(24,25)23-16-9-10-21-18(11-16)22-15-5-1-13(12-20)2-6-15/h1-11H,(H2,21,22,23). The minimum absolute atomic E-state index is 0.0442. The number of sulfonamides is 1. The molecule has 0 fully saturated rings. The molecule has 0 spiro atoms. The summed E-state index contributed by atoms with van der Waals surface area (Å²) in [5, 5.41) is 11.8. The summed E-state index contributed by atoms with van der Waals surface area (Å²) in [4.78, 5) is 4.09. The van der Waals surface area contributed by atoms with E-state index in [0.717, 1.165) is 12.1 Å². The first kappa shape index (κ1) is 17.4. The van der Waals surface area contributed by atoms with E-state index in [2.05, 4.69) is 15.0 Å². The van der Waals surface area contributed by atoms with E-state index in [4.69, 9.17) is 5.26 Å². The Labute approximate surface area is 150 Å². The van der Waals surface area contributed by atoms with Crippen molar-refractivity contribution in [1.82, 2.24) is 4.98 Å². The molecule has 1 aromatic heterocycles. The van der Waals surface area contributed by atoms with Gasteiger partial charge in [0.15, 0.2) is 0 Å². The first-order valence-corrected chi connectivity index (χ1v) is 8.96. The molecule has 6 nitrogen and oxygen atoms in total. The van der Waals surface area contributed by atoms with Crippen LogP contribution in [0, 0.1) is 17.1 Å². The molecule has 0 bridgehead atoms. The van der Waals surface area contributed by atoms with Crippen LogP contribution >= 0.6 is 0 Å². The Morgan fingerprint density at radius 3 is 2.31 bits per heavy atom. The fourth-order valence-electron chi connectivity index (χ4n) is 2.17. The van der Waals surface area contributed by atoms with Crippen molar-refractivity contribution < 1.29 is 12.8 Å². The molecule has 2 aromatic carbocycles. The Balaban J connectivity index is 1.78. The molecule has 0 aliphatic carbocycles. The van der Waals surface area contributed by atoms with Gasteiger partial charge in [-0.15, -0.1) is 0 Å². The monoisotopic (exact) mass is 368 g/mol. The Hall–Kier alpha value is -3.44. The van der Waals surface area contributed by atoms with Crippen LogP contribution in [-0.4, -0.2) is 13.4 Å². The largest absolute Gasteiger partial charge is 0.340 e. The predicted octanol–water partition coefficient (Wildman–Crippen LogP) is 3.64. The van der Waals surface area contributed by atoms with Gasteiger partial charge in [0.05, 0.1) is 22.2 Å². The van der Waals surface area contributed by atoms with Gasteiger partial charge in [0.1, 0.15) is 11.6 Å². The number of aromatic nitrogens is 1. The van der Waals surface area contributed by atoms with Crippen LogP contribution < -0.4 is 10.0 Å². The van der Waals surface area contributed by atoms with Gasteiger partial charge in [-0.1, -0.05) is 0 Å². The molecule has 3 aromatic rings. The highest BCUT2D eigenvalue weighted by molar-refractivity contribution is 7.92. The molecule has 8 heteroatoms. The highest BCUT2D eigenvalue weighted by Gasteiger charge is 2.14. The van der Waals surface area contributed by atoms with Gasteiger partial charge >= 0.3 is 0 Å². The lowest BCUT2D eigenvalue weighted by Gasteiger charge is -2.10. The maximum Gasteiger partial charge on any atom is 0.261 e. The highest BCUT2D eigenvalue weighted by Crippen LogP contribution is 2.21. The number of nitrogens with zero attached hydrogens (tertiary/aromatic N) is 2. The minimum Gasteiger partial charge on any atom is -0.340 e. The van der Waals surface area contributed by atoms with E-state index in [1.54, 1.807) is 24.3 Å². The maximum atomic E-state index is 13.0. The van der Waals surface area contributed by atoms with Gasteiger partial charge in [-0.25, -0.2) is 17.8 Å². The summed E-state index contributed by atoms with van der Waals surface area (Å²) in [7, 11) is -3.84. The number of halogens is 1. The number of hydrogen-bond acceptors (Lipinski definition) is 5. The molecule has 0 amide bonds. The molecule has 1 heterocycles. The molecule has 0 unspecified atom stereocenters. The summed E-state index contributed by atoms with van der Waals surface area (Å²) in [5.41, 5.74) is 1.54. The van der Waals surface area contributed by atoms with Gasteiger partial charge in [0.25, 0.3) is 10.0 Å². The first-order valence-electron chi connectivity index (χ1n) is 7.48. The van der Waals surface area contributed by atoms with Crippen LogP contribution in [0.2, 0.25) is 0 Å². The smallest absolute Gasteiger partial charge is 0.261 e. The summed E-state index contributed by atoms with van der Waals surface area (Å²) < 4.78 is 40.1. The quantitative estimate of drug-likeness (QED) is 0.717. The van der Waals surface area contributed by atoms with Gasteiger partial charge in [-0.05, 0) is 54.6 Å². The second kappa shape index (κ2) is 7.21. The number of nitrogens with one attached hydrogen (secondary N) is 2. The molecule has 26 heavy (non-hydrogen) atoms. The third-order valence-electron chi connectivity index (χ3n) is 3.42. The Morgan fingerprint density at radius 2 is 1.65 bits per heavy atom. The summed E-state index contributed by atoms with van der Waals surface area (Å²) in [6.07, 6.45) is 1.45. The summed E-state index contributed by atoms with van der Waals surface area (Å²) in [6, 6.07) is 16.4. The van der Waals surface area contributed by atoms with Gasteiger partial charge in [-0.2, -0.15) is 5.26 Å². The zero-order valence-corrected chi connectivity index (χ0v) is 14.2. The van der Waals surface area contributed by atoms with Crippen molar-refractivity contribution in [1.29, 1.82) is 5.26 Å². The Kier molecular flexibility index (Phi) is 4.82. The molecule has 3 rings (SSSR count). The van der Waals surface area contributed by atoms with Gasteiger partial charge in [0, 0.05) is 18.0 Å². The van der Waals surface area contributed by atoms with Crippen LogP contribution in [0.1, 0.15) is 5.56 Å². The lowest BCUT2D eigenvalue weighted by Crippen LogP contribution is -2.13. The SMILES string of the molecule is N#Cc1ccc(Nc2cc(NS(=O)(=O)c3ccc(F)cc3)ccn2)cc1. The van der Waals surface area contributed by atoms with Crippen molar-refractivity contribution in [3.05, 3.63) is 78.2 Å². The van der Waals surface area contributed by atoms with Crippen LogP contribution in [-0.2, 0) is 10.0 Å². The molecule has 0 atom stereocenters. The van der Waals surface area contributed by atoms with E-state index in [1.165, 1.54) is 30.5 Å². The Morgan fingerprint density at radius 1 is 0.962 bits per heavy atom.